The van der Waals surface area contributed by atoms with Crippen LogP contribution in [-0.4, -0.2) is 15.7 Å². The molecule has 5 nitrogen and oxygen atoms in total. The number of carbonyl (C=O) groups excluding carboxylic acids is 1. The summed E-state index contributed by atoms with van der Waals surface area (Å²) in [5.74, 6) is -0.410. The van der Waals surface area contributed by atoms with Gasteiger partial charge in [-0.25, -0.2) is 0 Å². The third-order valence-electron chi connectivity index (χ3n) is 5.46. The van der Waals surface area contributed by atoms with Gasteiger partial charge in [0.1, 0.15) is 12.4 Å². The Bertz CT molecular complexity index is 1000. The summed E-state index contributed by atoms with van der Waals surface area (Å²) in [4.78, 5) is 10.8. The molecule has 0 saturated heterocycles. The molecule has 1 fully saturated rings. The van der Waals surface area contributed by atoms with Crippen molar-refractivity contribution in [3.05, 3.63) is 78.0 Å². The first-order chi connectivity index (χ1) is 14.7. The van der Waals surface area contributed by atoms with Crippen LogP contribution in [-0.2, 0) is 11.4 Å². The fourth-order valence-electron chi connectivity index (χ4n) is 3.93. The number of benzene rings is 2. The Morgan fingerprint density at radius 2 is 1.80 bits per heavy atom. The Morgan fingerprint density at radius 1 is 1.07 bits per heavy atom. The van der Waals surface area contributed by atoms with Gasteiger partial charge < -0.3 is 14.6 Å². The van der Waals surface area contributed by atoms with Crippen LogP contribution < -0.4 is 9.84 Å². The second-order valence-electron chi connectivity index (χ2n) is 7.64. The van der Waals surface area contributed by atoms with E-state index >= 15 is 0 Å². The van der Waals surface area contributed by atoms with Crippen LogP contribution in [0, 0.1) is 0 Å². The predicted octanol–water partition coefficient (Wildman–Crippen LogP) is 4.40. The van der Waals surface area contributed by atoms with Gasteiger partial charge in [0.15, 0.2) is 0 Å². The van der Waals surface area contributed by atoms with Gasteiger partial charge >= 0.3 is 0 Å². The van der Waals surface area contributed by atoms with Crippen molar-refractivity contribution >= 4 is 12.0 Å². The van der Waals surface area contributed by atoms with Crippen LogP contribution in [0.15, 0.2) is 66.7 Å². The zero-order valence-electron chi connectivity index (χ0n) is 16.9. The standard InChI is InChI=1S/C25H26N2O3/c28-25(29)16-13-21-17-24(27(26-21)22-9-5-2-6-10-22)20-11-14-23(15-12-20)30-18-19-7-3-1-4-8-19/h1,3-4,7-8,11-17,22H,2,5-6,9-10,18H2,(H,28,29)/p-1/b16-13+. The molecule has 1 saturated carbocycles. The van der Waals surface area contributed by atoms with Gasteiger partial charge in [0.05, 0.1) is 23.4 Å². The van der Waals surface area contributed by atoms with E-state index in [4.69, 9.17) is 4.74 Å². The van der Waals surface area contributed by atoms with Gasteiger partial charge in [0, 0.05) is 5.56 Å². The average molecular weight is 401 g/mol. The van der Waals surface area contributed by atoms with Crippen molar-refractivity contribution in [2.24, 2.45) is 0 Å². The summed E-state index contributed by atoms with van der Waals surface area (Å²) in [6.07, 6.45) is 8.36. The van der Waals surface area contributed by atoms with Crippen molar-refractivity contribution in [3.63, 3.8) is 0 Å². The second kappa shape index (κ2) is 9.44. The highest BCUT2D eigenvalue weighted by molar-refractivity contribution is 5.83. The maximum absolute atomic E-state index is 10.8. The van der Waals surface area contributed by atoms with E-state index in [1.54, 1.807) is 0 Å². The van der Waals surface area contributed by atoms with Crippen molar-refractivity contribution in [3.8, 4) is 17.0 Å². The summed E-state index contributed by atoms with van der Waals surface area (Å²) in [6.45, 7) is 0.526. The van der Waals surface area contributed by atoms with Crippen molar-refractivity contribution < 1.29 is 14.6 Å². The first-order valence-corrected chi connectivity index (χ1v) is 10.4. The molecule has 1 heterocycles. The number of ether oxygens (including phenoxy) is 1. The molecule has 5 heteroatoms. The lowest BCUT2D eigenvalue weighted by molar-refractivity contribution is -0.297. The van der Waals surface area contributed by atoms with Gasteiger partial charge in [-0.15, -0.1) is 0 Å². The molecule has 0 spiro atoms. The minimum Gasteiger partial charge on any atom is -0.545 e. The van der Waals surface area contributed by atoms with E-state index in [9.17, 15) is 9.90 Å². The number of hydrogen-bond donors (Lipinski definition) is 0. The van der Waals surface area contributed by atoms with Gasteiger partial charge in [-0.3, -0.25) is 4.68 Å². The first-order valence-electron chi connectivity index (χ1n) is 10.4. The molecule has 30 heavy (non-hydrogen) atoms. The zero-order valence-corrected chi connectivity index (χ0v) is 16.9. The van der Waals surface area contributed by atoms with E-state index in [1.807, 2.05) is 60.7 Å². The maximum Gasteiger partial charge on any atom is 0.119 e. The van der Waals surface area contributed by atoms with E-state index in [-0.39, 0.29) is 0 Å². The van der Waals surface area contributed by atoms with Gasteiger partial charge in [-0.1, -0.05) is 49.6 Å². The Hall–Kier alpha value is -3.34. The summed E-state index contributed by atoms with van der Waals surface area (Å²) >= 11 is 0. The van der Waals surface area contributed by atoms with E-state index < -0.39 is 5.97 Å². The Kier molecular flexibility index (Phi) is 6.28. The molecule has 3 aromatic rings. The molecule has 0 unspecified atom stereocenters. The molecule has 1 aromatic heterocycles. The largest absolute Gasteiger partial charge is 0.545 e. The van der Waals surface area contributed by atoms with Gasteiger partial charge in [0.2, 0.25) is 0 Å². The normalized spacial score (nSPS) is 14.8. The second-order valence-corrected chi connectivity index (χ2v) is 7.64. The quantitative estimate of drug-likeness (QED) is 0.551. The van der Waals surface area contributed by atoms with Crippen LogP contribution in [0.1, 0.15) is 49.4 Å². The van der Waals surface area contributed by atoms with Crippen molar-refractivity contribution in [2.75, 3.05) is 0 Å². The lowest BCUT2D eigenvalue weighted by atomic mass is 9.95. The molecule has 4 rings (SSSR count). The SMILES string of the molecule is O=C([O-])/C=C/c1cc(-c2ccc(OCc3ccccc3)cc2)n(C2CCCCC2)n1. The van der Waals surface area contributed by atoms with E-state index in [0.29, 0.717) is 18.3 Å². The predicted molar refractivity (Wildman–Crippen MR) is 115 cm³/mol. The summed E-state index contributed by atoms with van der Waals surface area (Å²) in [5, 5.41) is 15.5. The topological polar surface area (TPSA) is 67.2 Å². The highest BCUT2D eigenvalue weighted by atomic mass is 16.5. The molecule has 1 aliphatic rings. The van der Waals surface area contributed by atoms with Crippen LogP contribution in [0.3, 0.4) is 0 Å². The van der Waals surface area contributed by atoms with E-state index in [1.165, 1.54) is 25.3 Å². The van der Waals surface area contributed by atoms with Gasteiger partial charge in [-0.05, 0) is 60.9 Å². The van der Waals surface area contributed by atoms with Crippen molar-refractivity contribution in [1.82, 2.24) is 9.78 Å². The zero-order chi connectivity index (χ0) is 20.8. The summed E-state index contributed by atoms with van der Waals surface area (Å²) in [7, 11) is 0. The van der Waals surface area contributed by atoms with Crippen LogP contribution in [0.25, 0.3) is 17.3 Å². The molecule has 2 aromatic carbocycles. The van der Waals surface area contributed by atoms with Crippen LogP contribution in [0.2, 0.25) is 0 Å². The fraction of sp³-hybridized carbons (Fsp3) is 0.280. The third-order valence-corrected chi connectivity index (χ3v) is 5.46. The number of carboxylic acids is 1. The lowest BCUT2D eigenvalue weighted by Crippen LogP contribution is -2.18. The molecule has 154 valence electrons. The molecule has 1 aliphatic carbocycles. The van der Waals surface area contributed by atoms with Gasteiger partial charge in [0.25, 0.3) is 0 Å². The summed E-state index contributed by atoms with van der Waals surface area (Å²) < 4.78 is 7.96. The first kappa shape index (κ1) is 20.0. The molecule has 0 amide bonds. The van der Waals surface area contributed by atoms with E-state index in [2.05, 4.69) is 9.78 Å². The Balaban J connectivity index is 1.56. The van der Waals surface area contributed by atoms with Crippen LogP contribution >= 0.6 is 0 Å². The maximum atomic E-state index is 10.8. The number of carbonyl (C=O) groups is 1. The van der Waals surface area contributed by atoms with Gasteiger partial charge in [-0.2, -0.15) is 5.10 Å². The number of aliphatic carboxylic acids is 1. The number of carboxylic acid groups (broad SMARTS) is 1. The molecule has 0 N–H and O–H groups in total. The third kappa shape index (κ3) is 4.98. The Labute approximate surface area is 176 Å². The molecule has 0 bridgehead atoms. The highest BCUT2D eigenvalue weighted by Crippen LogP contribution is 2.33. The molecular formula is C25H25N2O3-. The average Bonchev–Trinajstić information content (AvgIpc) is 3.22. The number of hydrogen-bond acceptors (Lipinski definition) is 4. The number of rotatable bonds is 7. The van der Waals surface area contributed by atoms with Crippen LogP contribution in [0.5, 0.6) is 5.75 Å². The highest BCUT2D eigenvalue weighted by Gasteiger charge is 2.20. The van der Waals surface area contributed by atoms with E-state index in [0.717, 1.165) is 41.5 Å². The smallest absolute Gasteiger partial charge is 0.119 e. The molecule has 0 radical (unpaired) electrons. The number of aromatic nitrogens is 2. The van der Waals surface area contributed by atoms with Crippen molar-refractivity contribution in [1.29, 1.82) is 0 Å². The molecule has 0 atom stereocenters. The lowest BCUT2D eigenvalue weighted by Gasteiger charge is -2.24. The minimum absolute atomic E-state index is 0.341. The monoisotopic (exact) mass is 401 g/mol. The summed E-state index contributed by atoms with van der Waals surface area (Å²) in [6, 6.07) is 20.3. The molecular weight excluding hydrogens is 376 g/mol. The van der Waals surface area contributed by atoms with Crippen LogP contribution in [0.4, 0.5) is 0 Å². The minimum atomic E-state index is -1.22. The molecule has 0 aliphatic heterocycles. The fourth-order valence-corrected chi connectivity index (χ4v) is 3.93. The number of nitrogens with zero attached hydrogens (tertiary/aromatic N) is 2. The van der Waals surface area contributed by atoms with Crippen molar-refractivity contribution in [2.45, 2.75) is 44.8 Å². The Morgan fingerprint density at radius 3 is 2.50 bits per heavy atom. The summed E-state index contributed by atoms with van der Waals surface area (Å²) in [5.41, 5.74) is 3.79.